The van der Waals surface area contributed by atoms with Gasteiger partial charge in [-0.3, -0.25) is 0 Å². The van der Waals surface area contributed by atoms with Crippen LogP contribution in [0.2, 0.25) is 0 Å². The van der Waals surface area contributed by atoms with Crippen LogP contribution < -0.4 is 5.32 Å². The SMILES string of the molecule is CC(C)Nc1cc(C[C@@H]2CCCN(S(C)(=O)=O)C2)ncn1. The second kappa shape index (κ2) is 6.70. The maximum atomic E-state index is 11.6. The Morgan fingerprint density at radius 3 is 2.86 bits per heavy atom. The normalized spacial score (nSPS) is 20.7. The molecule has 2 rings (SSSR count). The maximum absolute atomic E-state index is 11.6. The van der Waals surface area contributed by atoms with Crippen molar-refractivity contribution >= 4 is 15.8 Å². The number of nitrogens with one attached hydrogen (secondary N) is 1. The third kappa shape index (κ3) is 4.93. The zero-order valence-electron chi connectivity index (χ0n) is 12.9. The molecule has 0 spiro atoms. The lowest BCUT2D eigenvalue weighted by Crippen LogP contribution is -2.39. The molecule has 1 N–H and O–H groups in total. The minimum atomic E-state index is -3.09. The number of hydrogen-bond acceptors (Lipinski definition) is 5. The second-order valence-corrected chi connectivity index (χ2v) is 8.01. The lowest BCUT2D eigenvalue weighted by atomic mass is 9.94. The van der Waals surface area contributed by atoms with E-state index in [2.05, 4.69) is 29.1 Å². The van der Waals surface area contributed by atoms with Gasteiger partial charge in [0.2, 0.25) is 10.0 Å². The van der Waals surface area contributed by atoms with E-state index in [1.807, 2.05) is 6.07 Å². The van der Waals surface area contributed by atoms with Crippen LogP contribution in [0, 0.1) is 5.92 Å². The molecule has 0 aromatic carbocycles. The molecule has 118 valence electrons. The monoisotopic (exact) mass is 312 g/mol. The van der Waals surface area contributed by atoms with Crippen molar-refractivity contribution in [3.63, 3.8) is 0 Å². The zero-order valence-corrected chi connectivity index (χ0v) is 13.7. The molecule has 1 aromatic rings. The van der Waals surface area contributed by atoms with Crippen LogP contribution in [-0.2, 0) is 16.4 Å². The number of aromatic nitrogens is 2. The first-order chi connectivity index (χ1) is 9.84. The summed E-state index contributed by atoms with van der Waals surface area (Å²) in [6.07, 6.45) is 5.60. The van der Waals surface area contributed by atoms with Crippen LogP contribution in [-0.4, -0.2) is 48.1 Å². The molecule has 1 atom stereocenters. The Morgan fingerprint density at radius 2 is 2.19 bits per heavy atom. The topological polar surface area (TPSA) is 75.2 Å². The van der Waals surface area contributed by atoms with Crippen molar-refractivity contribution in [1.29, 1.82) is 0 Å². The largest absolute Gasteiger partial charge is 0.368 e. The summed E-state index contributed by atoms with van der Waals surface area (Å²) in [6.45, 7) is 5.36. The summed E-state index contributed by atoms with van der Waals surface area (Å²) in [5.41, 5.74) is 0.966. The van der Waals surface area contributed by atoms with Crippen LogP contribution in [0.1, 0.15) is 32.4 Å². The first-order valence-electron chi connectivity index (χ1n) is 7.37. The van der Waals surface area contributed by atoms with E-state index in [1.54, 1.807) is 10.6 Å². The van der Waals surface area contributed by atoms with Gasteiger partial charge in [0.1, 0.15) is 12.1 Å². The van der Waals surface area contributed by atoms with Crippen molar-refractivity contribution in [3.05, 3.63) is 18.1 Å². The Labute approximate surface area is 127 Å². The summed E-state index contributed by atoms with van der Waals surface area (Å²) in [6, 6.07) is 2.28. The highest BCUT2D eigenvalue weighted by molar-refractivity contribution is 7.88. The molecule has 0 amide bonds. The number of hydrogen-bond donors (Lipinski definition) is 1. The Hall–Kier alpha value is -1.21. The quantitative estimate of drug-likeness (QED) is 0.892. The van der Waals surface area contributed by atoms with Gasteiger partial charge in [0.05, 0.1) is 6.26 Å². The van der Waals surface area contributed by atoms with E-state index in [4.69, 9.17) is 0 Å². The van der Waals surface area contributed by atoms with Gasteiger partial charge < -0.3 is 5.32 Å². The van der Waals surface area contributed by atoms with Crippen molar-refractivity contribution in [3.8, 4) is 0 Å². The van der Waals surface area contributed by atoms with Gasteiger partial charge in [-0.15, -0.1) is 0 Å². The Balaban J connectivity index is 2.01. The van der Waals surface area contributed by atoms with Crippen molar-refractivity contribution in [1.82, 2.24) is 14.3 Å². The van der Waals surface area contributed by atoms with Gasteiger partial charge in [0, 0.05) is 30.9 Å². The molecule has 1 aliphatic rings. The molecule has 0 unspecified atom stereocenters. The summed E-state index contributed by atoms with van der Waals surface area (Å²) in [5, 5.41) is 3.26. The minimum absolute atomic E-state index is 0.322. The minimum Gasteiger partial charge on any atom is -0.368 e. The molecule has 0 aliphatic carbocycles. The van der Waals surface area contributed by atoms with Crippen molar-refractivity contribution < 1.29 is 8.42 Å². The van der Waals surface area contributed by atoms with Crippen LogP contribution >= 0.6 is 0 Å². The molecule has 1 saturated heterocycles. The molecule has 0 saturated carbocycles. The lowest BCUT2D eigenvalue weighted by Gasteiger charge is -2.30. The van der Waals surface area contributed by atoms with Crippen molar-refractivity contribution in [2.45, 2.75) is 39.2 Å². The van der Waals surface area contributed by atoms with Gasteiger partial charge in [-0.2, -0.15) is 0 Å². The fourth-order valence-electron chi connectivity index (χ4n) is 2.67. The summed E-state index contributed by atoms with van der Waals surface area (Å²) >= 11 is 0. The van der Waals surface area contributed by atoms with E-state index in [0.29, 0.717) is 25.0 Å². The molecule has 2 heterocycles. The van der Waals surface area contributed by atoms with Gasteiger partial charge in [-0.1, -0.05) is 0 Å². The van der Waals surface area contributed by atoms with Crippen molar-refractivity contribution in [2.24, 2.45) is 5.92 Å². The predicted octanol–water partition coefficient (Wildman–Crippen LogP) is 1.51. The number of anilines is 1. The summed E-state index contributed by atoms with van der Waals surface area (Å²) in [4.78, 5) is 8.51. The van der Waals surface area contributed by atoms with Gasteiger partial charge in [0.25, 0.3) is 0 Å². The average Bonchev–Trinajstić information content (AvgIpc) is 2.37. The zero-order chi connectivity index (χ0) is 15.5. The fourth-order valence-corrected chi connectivity index (χ4v) is 3.62. The first-order valence-corrected chi connectivity index (χ1v) is 9.22. The highest BCUT2D eigenvalue weighted by Gasteiger charge is 2.26. The second-order valence-electron chi connectivity index (χ2n) is 6.03. The number of sulfonamides is 1. The third-order valence-corrected chi connectivity index (χ3v) is 4.88. The molecule has 21 heavy (non-hydrogen) atoms. The lowest BCUT2D eigenvalue weighted by molar-refractivity contribution is 0.265. The molecule has 7 heteroatoms. The van der Waals surface area contributed by atoms with E-state index in [1.165, 1.54) is 6.26 Å². The predicted molar refractivity (Wildman–Crippen MR) is 83.6 cm³/mol. The van der Waals surface area contributed by atoms with E-state index in [0.717, 1.165) is 30.8 Å². The highest BCUT2D eigenvalue weighted by atomic mass is 32.2. The van der Waals surface area contributed by atoms with Crippen molar-refractivity contribution in [2.75, 3.05) is 24.7 Å². The summed E-state index contributed by atoms with van der Waals surface area (Å²) in [7, 11) is -3.09. The Kier molecular flexibility index (Phi) is 5.16. The maximum Gasteiger partial charge on any atom is 0.211 e. The van der Waals surface area contributed by atoms with Crippen LogP contribution in [0.3, 0.4) is 0 Å². The molecule has 1 aliphatic heterocycles. The summed E-state index contributed by atoms with van der Waals surface area (Å²) < 4.78 is 24.9. The van der Waals surface area contributed by atoms with Gasteiger partial charge in [0.15, 0.2) is 0 Å². The molecule has 1 aromatic heterocycles. The van der Waals surface area contributed by atoms with E-state index in [-0.39, 0.29) is 0 Å². The smallest absolute Gasteiger partial charge is 0.211 e. The van der Waals surface area contributed by atoms with Crippen LogP contribution in [0.15, 0.2) is 12.4 Å². The number of piperidine rings is 1. The van der Waals surface area contributed by atoms with Gasteiger partial charge in [-0.25, -0.2) is 22.7 Å². The van der Waals surface area contributed by atoms with Crippen LogP contribution in [0.25, 0.3) is 0 Å². The fraction of sp³-hybridized carbons (Fsp3) is 0.714. The van der Waals surface area contributed by atoms with E-state index in [9.17, 15) is 8.42 Å². The average molecular weight is 312 g/mol. The molecular weight excluding hydrogens is 288 g/mol. The standard InChI is InChI=1S/C14H24N4O2S/c1-11(2)17-14-8-13(15-10-16-14)7-12-5-4-6-18(9-12)21(3,19)20/h8,10-12H,4-7,9H2,1-3H3,(H,15,16,17)/t12-/m0/s1. The van der Waals surface area contributed by atoms with Gasteiger partial charge >= 0.3 is 0 Å². The molecular formula is C14H24N4O2S. The van der Waals surface area contributed by atoms with E-state index >= 15 is 0 Å². The van der Waals surface area contributed by atoms with Crippen LogP contribution in [0.5, 0.6) is 0 Å². The van der Waals surface area contributed by atoms with E-state index < -0.39 is 10.0 Å². The first kappa shape index (κ1) is 16.2. The molecule has 6 nitrogen and oxygen atoms in total. The number of nitrogens with zero attached hydrogens (tertiary/aromatic N) is 3. The van der Waals surface area contributed by atoms with Crippen LogP contribution in [0.4, 0.5) is 5.82 Å². The Morgan fingerprint density at radius 1 is 1.43 bits per heavy atom. The van der Waals surface area contributed by atoms with Gasteiger partial charge in [-0.05, 0) is 39.0 Å². The molecule has 1 fully saturated rings. The number of rotatable bonds is 5. The third-order valence-electron chi connectivity index (χ3n) is 3.61. The molecule has 0 radical (unpaired) electrons. The highest BCUT2D eigenvalue weighted by Crippen LogP contribution is 2.22. The molecule has 0 bridgehead atoms. The Bertz CT molecular complexity index is 574. The summed E-state index contributed by atoms with van der Waals surface area (Å²) in [5.74, 6) is 1.15.